The van der Waals surface area contributed by atoms with Gasteiger partial charge in [-0.25, -0.2) is 0 Å². The summed E-state index contributed by atoms with van der Waals surface area (Å²) >= 11 is 3.49. The molecule has 1 aliphatic carbocycles. The van der Waals surface area contributed by atoms with E-state index >= 15 is 0 Å². The van der Waals surface area contributed by atoms with Gasteiger partial charge in [0.15, 0.2) is 0 Å². The largest absolute Gasteiger partial charge is 0.139 e. The summed E-state index contributed by atoms with van der Waals surface area (Å²) in [7, 11) is 2.14. The molecule has 0 radical (unpaired) electrons. The molecule has 0 bridgehead atoms. The molecular formula is C15H12BBr. The van der Waals surface area contributed by atoms with Gasteiger partial charge in [-0.2, -0.15) is 0 Å². The third-order valence-corrected chi connectivity index (χ3v) is 4.04. The molecule has 0 unspecified atom stereocenters. The van der Waals surface area contributed by atoms with Gasteiger partial charge in [0.05, 0.1) is 4.47 Å². The molecule has 0 aliphatic heterocycles. The molecule has 2 heteroatoms. The molecule has 1 aliphatic rings. The van der Waals surface area contributed by atoms with Crippen LogP contribution in [0.25, 0.3) is 11.1 Å². The molecule has 82 valence electrons. The van der Waals surface area contributed by atoms with Crippen molar-refractivity contribution in [1.29, 1.82) is 0 Å². The fraction of sp³-hybridized carbons (Fsp3) is 0.200. The molecule has 0 atom stereocenters. The number of hydrogen-bond donors (Lipinski definition) is 0. The van der Waals surface area contributed by atoms with Crippen LogP contribution in [0.1, 0.15) is 25.0 Å². The van der Waals surface area contributed by atoms with Gasteiger partial charge in [-0.3, -0.25) is 0 Å². The summed E-state index contributed by atoms with van der Waals surface area (Å²) in [5.41, 5.74) is 6.61. The van der Waals surface area contributed by atoms with E-state index in [4.69, 9.17) is 0 Å². The van der Waals surface area contributed by atoms with Gasteiger partial charge in [-0.05, 0) is 38.7 Å². The predicted octanol–water partition coefficient (Wildman–Crippen LogP) is 2.61. The Bertz CT molecular complexity index is 561. The average Bonchev–Trinajstić information content (AvgIpc) is 2.47. The standard InChI is InChI=1S/C15H12BBr/c1-15(2)13-5-3-9(16)7-11(13)12-8-10(17)4-6-14(12)15/h3,5,7-8H,16H2,1-2H3. The highest BCUT2D eigenvalue weighted by atomic mass is 79.9. The first-order chi connectivity index (χ1) is 8.00. The molecule has 0 N–H and O–H groups in total. The third kappa shape index (κ3) is 1.46. The van der Waals surface area contributed by atoms with E-state index in [-0.39, 0.29) is 5.41 Å². The van der Waals surface area contributed by atoms with Gasteiger partial charge in [0, 0.05) is 11.0 Å². The van der Waals surface area contributed by atoms with E-state index in [2.05, 4.69) is 74.0 Å². The molecule has 17 heavy (non-hydrogen) atoms. The minimum absolute atomic E-state index is 0.0373. The first-order valence-corrected chi connectivity index (χ1v) is 6.55. The Kier molecular flexibility index (Phi) is 2.19. The van der Waals surface area contributed by atoms with E-state index in [1.54, 1.807) is 0 Å². The second-order valence-electron chi connectivity index (χ2n) is 5.20. The van der Waals surface area contributed by atoms with Gasteiger partial charge in [0.1, 0.15) is 7.85 Å². The highest BCUT2D eigenvalue weighted by molar-refractivity contribution is 9.10. The second kappa shape index (κ2) is 3.40. The summed E-state index contributed by atoms with van der Waals surface area (Å²) in [6, 6.07) is 15.3. The van der Waals surface area contributed by atoms with Crippen LogP contribution in [0.15, 0.2) is 28.7 Å². The summed E-state index contributed by atoms with van der Waals surface area (Å²) in [4.78, 5) is 0. The highest BCUT2D eigenvalue weighted by Crippen LogP contribution is 2.47. The van der Waals surface area contributed by atoms with E-state index in [9.17, 15) is 0 Å². The molecule has 3 rings (SSSR count). The van der Waals surface area contributed by atoms with Crippen LogP contribution in [-0.4, -0.2) is 7.85 Å². The van der Waals surface area contributed by atoms with E-state index in [1.165, 1.54) is 27.7 Å². The quantitative estimate of drug-likeness (QED) is 0.652. The van der Waals surface area contributed by atoms with Crippen molar-refractivity contribution in [3.05, 3.63) is 52.0 Å². The lowest BCUT2D eigenvalue weighted by molar-refractivity contribution is 0.661. The van der Waals surface area contributed by atoms with Crippen LogP contribution >= 0.6 is 15.9 Å². The Hall–Kier alpha value is -1.20. The van der Waals surface area contributed by atoms with Crippen molar-refractivity contribution >= 4 is 29.2 Å². The minimum atomic E-state index is 0.0373. The molecular weight excluding hydrogens is 271 g/mol. The molecule has 0 saturated heterocycles. The van der Waals surface area contributed by atoms with E-state index < -0.39 is 0 Å². The van der Waals surface area contributed by atoms with Crippen molar-refractivity contribution in [3.8, 4) is 11.1 Å². The number of benzene rings is 1. The monoisotopic (exact) mass is 282 g/mol. The summed E-state index contributed by atoms with van der Waals surface area (Å²) in [5, 5.41) is 0. The Morgan fingerprint density at radius 1 is 1.12 bits per heavy atom. The Balaban J connectivity index is 2.39. The molecule has 0 nitrogen and oxygen atoms in total. The van der Waals surface area contributed by atoms with Crippen molar-refractivity contribution < 1.29 is 0 Å². The topological polar surface area (TPSA) is 0 Å². The van der Waals surface area contributed by atoms with Crippen molar-refractivity contribution in [2.24, 2.45) is 0 Å². The van der Waals surface area contributed by atoms with Gasteiger partial charge < -0.3 is 0 Å². The van der Waals surface area contributed by atoms with Gasteiger partial charge in [-0.15, -0.1) is 0 Å². The lowest BCUT2D eigenvalue weighted by Gasteiger charge is -2.19. The molecule has 0 amide bonds. The van der Waals surface area contributed by atoms with Crippen LogP contribution < -0.4 is 5.46 Å². The van der Waals surface area contributed by atoms with Crippen molar-refractivity contribution in [2.45, 2.75) is 19.3 Å². The van der Waals surface area contributed by atoms with E-state index in [0.717, 1.165) is 4.47 Å². The van der Waals surface area contributed by atoms with Crippen molar-refractivity contribution in [2.75, 3.05) is 0 Å². The fourth-order valence-corrected chi connectivity index (χ4v) is 3.02. The lowest BCUT2D eigenvalue weighted by atomic mass is 9.82. The van der Waals surface area contributed by atoms with Crippen LogP contribution in [0.2, 0.25) is 0 Å². The molecule has 2 aromatic carbocycles. The smallest absolute Gasteiger partial charge is 0.0883 e. The Morgan fingerprint density at radius 3 is 2.65 bits per heavy atom. The Morgan fingerprint density at radius 2 is 1.88 bits per heavy atom. The molecule has 0 heterocycles. The molecule has 0 saturated carbocycles. The maximum Gasteiger partial charge on any atom is 0.139 e. The SMILES string of the molecule is Bc1ccc2c(c1)-c1cc(Br)c#cc1C2(C)C. The van der Waals surface area contributed by atoms with Crippen LogP contribution in [0.5, 0.6) is 0 Å². The fourth-order valence-electron chi connectivity index (χ4n) is 2.69. The van der Waals surface area contributed by atoms with Gasteiger partial charge in [-0.1, -0.05) is 49.6 Å². The van der Waals surface area contributed by atoms with E-state index in [1.807, 2.05) is 0 Å². The number of hydrogen-bond acceptors (Lipinski definition) is 0. The number of fused-ring (bicyclic) bond motifs is 3. The zero-order valence-electron chi connectivity index (χ0n) is 10.2. The number of halogens is 1. The van der Waals surface area contributed by atoms with Gasteiger partial charge in [0.25, 0.3) is 0 Å². The first-order valence-electron chi connectivity index (χ1n) is 5.75. The zero-order valence-corrected chi connectivity index (χ0v) is 11.8. The summed E-state index contributed by atoms with van der Waals surface area (Å²) in [5.74, 6) is 0. The maximum atomic E-state index is 3.49. The maximum absolute atomic E-state index is 3.49. The van der Waals surface area contributed by atoms with Crippen LogP contribution in [0, 0.1) is 12.1 Å². The zero-order chi connectivity index (χ0) is 12.2. The van der Waals surface area contributed by atoms with Crippen molar-refractivity contribution in [1.82, 2.24) is 0 Å². The van der Waals surface area contributed by atoms with Crippen LogP contribution in [-0.2, 0) is 5.41 Å². The normalized spacial score (nSPS) is 15.0. The summed E-state index contributed by atoms with van der Waals surface area (Å²) in [6.45, 7) is 4.51. The Labute approximate surface area is 112 Å². The first kappa shape index (κ1) is 10.9. The highest BCUT2D eigenvalue weighted by Gasteiger charge is 2.35. The third-order valence-electron chi connectivity index (χ3n) is 3.61. The minimum Gasteiger partial charge on any atom is -0.0883 e. The average molecular weight is 283 g/mol. The van der Waals surface area contributed by atoms with Crippen LogP contribution in [0.4, 0.5) is 0 Å². The molecule has 2 aromatic rings. The van der Waals surface area contributed by atoms with Gasteiger partial charge in [0.2, 0.25) is 0 Å². The second-order valence-corrected chi connectivity index (χ2v) is 6.06. The van der Waals surface area contributed by atoms with Crippen LogP contribution in [0.3, 0.4) is 0 Å². The summed E-state index contributed by atoms with van der Waals surface area (Å²) in [6.07, 6.45) is 0. The summed E-state index contributed by atoms with van der Waals surface area (Å²) < 4.78 is 0.974. The van der Waals surface area contributed by atoms with Gasteiger partial charge >= 0.3 is 0 Å². The number of rotatable bonds is 0. The molecule has 0 fully saturated rings. The van der Waals surface area contributed by atoms with E-state index in [0.29, 0.717) is 0 Å². The molecule has 0 aromatic heterocycles. The van der Waals surface area contributed by atoms with Crippen molar-refractivity contribution in [3.63, 3.8) is 0 Å². The lowest BCUT2D eigenvalue weighted by Crippen LogP contribution is -2.15. The molecule has 0 spiro atoms. The predicted molar refractivity (Wildman–Crippen MR) is 77.6 cm³/mol.